The van der Waals surface area contributed by atoms with E-state index in [1.165, 1.54) is 10.4 Å². The SMILES string of the molecule is COc1ccc(CCNC(=O)c2c(-n3cccc3)sc(C)c2C)cc1. The number of nitrogens with zero attached hydrogens (tertiary/aromatic N) is 1. The molecule has 2 aromatic heterocycles. The van der Waals surface area contributed by atoms with Crippen LogP contribution >= 0.6 is 11.3 Å². The third-order valence-electron chi connectivity index (χ3n) is 4.29. The van der Waals surface area contributed by atoms with E-state index in [-0.39, 0.29) is 5.91 Å². The number of nitrogens with one attached hydrogen (secondary N) is 1. The van der Waals surface area contributed by atoms with Crippen molar-refractivity contribution in [1.82, 2.24) is 9.88 Å². The number of methoxy groups -OCH3 is 1. The first kappa shape index (κ1) is 17.3. The van der Waals surface area contributed by atoms with Gasteiger partial charge < -0.3 is 14.6 Å². The zero-order valence-electron chi connectivity index (χ0n) is 14.7. The third kappa shape index (κ3) is 3.77. The molecule has 0 aliphatic carbocycles. The average Bonchev–Trinajstić information content (AvgIpc) is 3.24. The summed E-state index contributed by atoms with van der Waals surface area (Å²) in [6, 6.07) is 11.9. The molecule has 0 spiro atoms. The van der Waals surface area contributed by atoms with E-state index in [2.05, 4.69) is 12.2 Å². The second-order valence-corrected chi connectivity index (χ2v) is 7.11. The number of benzene rings is 1. The van der Waals surface area contributed by atoms with Gasteiger partial charge in [-0.15, -0.1) is 11.3 Å². The zero-order valence-corrected chi connectivity index (χ0v) is 15.5. The summed E-state index contributed by atoms with van der Waals surface area (Å²) in [4.78, 5) is 13.9. The van der Waals surface area contributed by atoms with E-state index in [0.29, 0.717) is 6.54 Å². The summed E-state index contributed by atoms with van der Waals surface area (Å²) in [7, 11) is 1.66. The molecule has 0 bridgehead atoms. The molecule has 0 atom stereocenters. The van der Waals surface area contributed by atoms with Gasteiger partial charge in [0.2, 0.25) is 0 Å². The molecule has 2 heterocycles. The Morgan fingerprint density at radius 1 is 1.16 bits per heavy atom. The summed E-state index contributed by atoms with van der Waals surface area (Å²) in [6.45, 7) is 4.67. The predicted molar refractivity (Wildman–Crippen MR) is 102 cm³/mol. The molecular formula is C20H22N2O2S. The largest absolute Gasteiger partial charge is 0.497 e. The molecule has 0 aliphatic rings. The molecule has 3 aromatic rings. The van der Waals surface area contributed by atoms with Gasteiger partial charge in [-0.2, -0.15) is 0 Å². The highest BCUT2D eigenvalue weighted by atomic mass is 32.1. The number of thiophene rings is 1. The lowest BCUT2D eigenvalue weighted by molar-refractivity contribution is 0.0954. The second-order valence-electron chi connectivity index (χ2n) is 5.91. The minimum atomic E-state index is -0.0148. The molecule has 4 nitrogen and oxygen atoms in total. The molecule has 0 aliphatic heterocycles. The van der Waals surface area contributed by atoms with Crippen molar-refractivity contribution in [2.45, 2.75) is 20.3 Å². The van der Waals surface area contributed by atoms with Gasteiger partial charge in [0, 0.05) is 23.8 Å². The molecule has 3 rings (SSSR count). The van der Waals surface area contributed by atoms with Crippen LogP contribution in [0.15, 0.2) is 48.8 Å². The Morgan fingerprint density at radius 3 is 2.48 bits per heavy atom. The summed E-state index contributed by atoms with van der Waals surface area (Å²) >= 11 is 1.65. The smallest absolute Gasteiger partial charge is 0.254 e. The van der Waals surface area contributed by atoms with Crippen LogP contribution in [0, 0.1) is 13.8 Å². The van der Waals surface area contributed by atoms with Gasteiger partial charge in [-0.1, -0.05) is 12.1 Å². The van der Waals surface area contributed by atoms with Crippen molar-refractivity contribution in [3.8, 4) is 10.8 Å². The molecule has 0 unspecified atom stereocenters. The molecule has 0 saturated heterocycles. The van der Waals surface area contributed by atoms with Gasteiger partial charge in [0.15, 0.2) is 0 Å². The summed E-state index contributed by atoms with van der Waals surface area (Å²) < 4.78 is 7.17. The summed E-state index contributed by atoms with van der Waals surface area (Å²) in [5.74, 6) is 0.826. The lowest BCUT2D eigenvalue weighted by atomic mass is 10.1. The molecular weight excluding hydrogens is 332 g/mol. The normalized spacial score (nSPS) is 10.7. The first-order valence-corrected chi connectivity index (χ1v) is 9.06. The molecule has 0 fully saturated rings. The maximum atomic E-state index is 12.7. The standard InChI is InChI=1S/C20H22N2O2S/c1-14-15(2)25-20(22-12-4-5-13-22)18(14)19(23)21-11-10-16-6-8-17(24-3)9-7-16/h4-9,12-13H,10-11H2,1-3H3,(H,21,23). The number of amides is 1. The van der Waals surface area contributed by atoms with Gasteiger partial charge in [-0.3, -0.25) is 4.79 Å². The summed E-state index contributed by atoms with van der Waals surface area (Å²) in [5, 5.41) is 4.03. The van der Waals surface area contributed by atoms with E-state index < -0.39 is 0 Å². The monoisotopic (exact) mass is 354 g/mol. The predicted octanol–water partition coefficient (Wildman–Crippen LogP) is 4.14. The van der Waals surface area contributed by atoms with Crippen LogP contribution in [0.3, 0.4) is 0 Å². The highest BCUT2D eigenvalue weighted by Gasteiger charge is 2.20. The van der Waals surface area contributed by atoms with Crippen LogP contribution in [0.25, 0.3) is 5.00 Å². The Hall–Kier alpha value is -2.53. The summed E-state index contributed by atoms with van der Waals surface area (Å²) in [6.07, 6.45) is 4.73. The lowest BCUT2D eigenvalue weighted by Crippen LogP contribution is -2.26. The van der Waals surface area contributed by atoms with Crippen LogP contribution in [-0.4, -0.2) is 24.1 Å². The number of carbonyl (C=O) groups is 1. The second kappa shape index (κ2) is 7.57. The minimum absolute atomic E-state index is 0.0148. The number of carbonyl (C=O) groups excluding carboxylic acids is 1. The molecule has 0 radical (unpaired) electrons. The Kier molecular flexibility index (Phi) is 5.24. The fourth-order valence-corrected chi connectivity index (χ4v) is 3.85. The van der Waals surface area contributed by atoms with Crippen molar-refractivity contribution in [3.63, 3.8) is 0 Å². The van der Waals surface area contributed by atoms with E-state index in [1.54, 1.807) is 18.4 Å². The Labute approximate surface area is 152 Å². The zero-order chi connectivity index (χ0) is 17.8. The van der Waals surface area contributed by atoms with Gasteiger partial charge in [-0.25, -0.2) is 0 Å². The fraction of sp³-hybridized carbons (Fsp3) is 0.250. The van der Waals surface area contributed by atoms with E-state index in [0.717, 1.165) is 28.3 Å². The van der Waals surface area contributed by atoms with E-state index in [9.17, 15) is 4.79 Å². The number of rotatable bonds is 6. The number of ether oxygens (including phenoxy) is 1. The fourth-order valence-electron chi connectivity index (χ4n) is 2.73. The number of aromatic nitrogens is 1. The molecule has 1 aromatic carbocycles. The molecule has 130 valence electrons. The first-order chi connectivity index (χ1) is 12.1. The number of hydrogen-bond donors (Lipinski definition) is 1. The molecule has 5 heteroatoms. The van der Waals surface area contributed by atoms with Crippen molar-refractivity contribution < 1.29 is 9.53 Å². The Balaban J connectivity index is 1.69. The molecule has 25 heavy (non-hydrogen) atoms. The highest BCUT2D eigenvalue weighted by Crippen LogP contribution is 2.30. The first-order valence-electron chi connectivity index (χ1n) is 8.24. The van der Waals surface area contributed by atoms with Crippen LogP contribution in [0.5, 0.6) is 5.75 Å². The van der Waals surface area contributed by atoms with Crippen molar-refractivity contribution in [1.29, 1.82) is 0 Å². The lowest BCUT2D eigenvalue weighted by Gasteiger charge is -2.09. The van der Waals surface area contributed by atoms with E-state index in [4.69, 9.17) is 4.74 Å². The minimum Gasteiger partial charge on any atom is -0.497 e. The molecule has 0 saturated carbocycles. The maximum Gasteiger partial charge on any atom is 0.254 e. The quantitative estimate of drug-likeness (QED) is 0.723. The van der Waals surface area contributed by atoms with Crippen molar-refractivity contribution in [3.05, 3.63) is 70.4 Å². The molecule has 1 amide bonds. The van der Waals surface area contributed by atoms with Gasteiger partial charge >= 0.3 is 0 Å². The van der Waals surface area contributed by atoms with Crippen molar-refractivity contribution in [2.75, 3.05) is 13.7 Å². The van der Waals surface area contributed by atoms with Crippen LogP contribution < -0.4 is 10.1 Å². The number of hydrogen-bond acceptors (Lipinski definition) is 3. The van der Waals surface area contributed by atoms with Crippen LogP contribution in [-0.2, 0) is 6.42 Å². The van der Waals surface area contributed by atoms with Gasteiger partial charge in [0.1, 0.15) is 10.8 Å². The van der Waals surface area contributed by atoms with Gasteiger partial charge in [0.05, 0.1) is 12.7 Å². The van der Waals surface area contributed by atoms with Gasteiger partial charge in [-0.05, 0) is 55.7 Å². The summed E-state index contributed by atoms with van der Waals surface area (Å²) in [5.41, 5.74) is 2.99. The Morgan fingerprint density at radius 2 is 1.84 bits per heavy atom. The van der Waals surface area contributed by atoms with E-state index in [1.807, 2.05) is 60.3 Å². The van der Waals surface area contributed by atoms with Gasteiger partial charge in [0.25, 0.3) is 5.91 Å². The third-order valence-corrected chi connectivity index (χ3v) is 5.51. The van der Waals surface area contributed by atoms with Crippen molar-refractivity contribution in [2.24, 2.45) is 0 Å². The highest BCUT2D eigenvalue weighted by molar-refractivity contribution is 7.15. The average molecular weight is 354 g/mol. The Bertz CT molecular complexity index is 849. The maximum absolute atomic E-state index is 12.7. The van der Waals surface area contributed by atoms with Crippen molar-refractivity contribution >= 4 is 17.2 Å². The van der Waals surface area contributed by atoms with Crippen LogP contribution in [0.2, 0.25) is 0 Å². The topological polar surface area (TPSA) is 43.3 Å². The number of aryl methyl sites for hydroxylation is 1. The van der Waals surface area contributed by atoms with Crippen LogP contribution in [0.4, 0.5) is 0 Å². The molecule has 1 N–H and O–H groups in total. The van der Waals surface area contributed by atoms with Crippen LogP contribution in [0.1, 0.15) is 26.4 Å². The van der Waals surface area contributed by atoms with E-state index >= 15 is 0 Å².